The zero-order chi connectivity index (χ0) is 15.7. The van der Waals surface area contributed by atoms with Crippen LogP contribution >= 0.6 is 27.5 Å². The highest BCUT2D eigenvalue weighted by molar-refractivity contribution is 9.10. The summed E-state index contributed by atoms with van der Waals surface area (Å²) in [6.07, 6.45) is 3.03. The van der Waals surface area contributed by atoms with E-state index in [1.165, 1.54) is 11.8 Å². The first-order chi connectivity index (χ1) is 10.5. The van der Waals surface area contributed by atoms with Gasteiger partial charge >= 0.3 is 0 Å². The average Bonchev–Trinajstić information content (AvgIpc) is 2.44. The van der Waals surface area contributed by atoms with Gasteiger partial charge in [0.05, 0.1) is 4.47 Å². The molecule has 1 aliphatic rings. The van der Waals surface area contributed by atoms with Crippen molar-refractivity contribution in [2.24, 2.45) is 0 Å². The van der Waals surface area contributed by atoms with E-state index in [9.17, 15) is 8.42 Å². The molecule has 0 atom stereocenters. The maximum Gasteiger partial charge on any atom is 0.259 e. The maximum atomic E-state index is 12.3. The van der Waals surface area contributed by atoms with Crippen molar-refractivity contribution < 1.29 is 8.42 Å². The SMILES string of the molecule is O=S(=O)(NC1CC(c2ccc(Cl)cc2)C1)c1ncccc1Br. The molecule has 4 nitrogen and oxygen atoms in total. The predicted octanol–water partition coefficient (Wildman–Crippen LogP) is 3.72. The Labute approximate surface area is 143 Å². The van der Waals surface area contributed by atoms with Crippen molar-refractivity contribution in [1.82, 2.24) is 9.71 Å². The normalized spacial score (nSPS) is 21.4. The van der Waals surface area contributed by atoms with E-state index >= 15 is 0 Å². The number of sulfonamides is 1. The second-order valence-electron chi connectivity index (χ2n) is 5.33. The second-order valence-corrected chi connectivity index (χ2v) is 8.25. The standard InChI is InChI=1S/C15H14BrClN2O2S/c16-14-2-1-7-18-15(14)22(20,21)19-13-8-11(9-13)10-3-5-12(17)6-4-10/h1-7,11,13,19H,8-9H2. The first-order valence-electron chi connectivity index (χ1n) is 6.84. The van der Waals surface area contributed by atoms with Crippen LogP contribution < -0.4 is 4.72 Å². The Morgan fingerprint density at radius 1 is 1.18 bits per heavy atom. The van der Waals surface area contributed by atoms with Gasteiger partial charge in [-0.05, 0) is 64.5 Å². The van der Waals surface area contributed by atoms with Gasteiger partial charge < -0.3 is 0 Å². The zero-order valence-corrected chi connectivity index (χ0v) is 14.7. The Morgan fingerprint density at radius 2 is 1.86 bits per heavy atom. The van der Waals surface area contributed by atoms with Crippen molar-refractivity contribution in [2.75, 3.05) is 0 Å². The van der Waals surface area contributed by atoms with Crippen LogP contribution in [0.2, 0.25) is 5.02 Å². The lowest BCUT2D eigenvalue weighted by Gasteiger charge is -2.35. The summed E-state index contributed by atoms with van der Waals surface area (Å²) < 4.78 is 27.8. The molecule has 1 N–H and O–H groups in total. The van der Waals surface area contributed by atoms with Gasteiger partial charge in [-0.2, -0.15) is 0 Å². The number of hydrogen-bond acceptors (Lipinski definition) is 3. The molecule has 1 saturated carbocycles. The van der Waals surface area contributed by atoms with E-state index in [1.807, 2.05) is 24.3 Å². The van der Waals surface area contributed by atoms with Crippen LogP contribution in [0.25, 0.3) is 0 Å². The number of nitrogens with one attached hydrogen (secondary N) is 1. The number of benzene rings is 1. The molecule has 2 aromatic rings. The Balaban J connectivity index is 1.64. The van der Waals surface area contributed by atoms with E-state index in [2.05, 4.69) is 25.6 Å². The summed E-state index contributed by atoms with van der Waals surface area (Å²) in [5, 5.41) is 0.741. The number of aromatic nitrogens is 1. The molecule has 22 heavy (non-hydrogen) atoms. The van der Waals surface area contributed by atoms with E-state index in [-0.39, 0.29) is 11.1 Å². The van der Waals surface area contributed by atoms with Gasteiger partial charge in [0.25, 0.3) is 10.0 Å². The molecular weight excluding hydrogens is 388 g/mol. The van der Waals surface area contributed by atoms with Crippen molar-refractivity contribution in [1.29, 1.82) is 0 Å². The highest BCUT2D eigenvalue weighted by atomic mass is 79.9. The first-order valence-corrected chi connectivity index (χ1v) is 9.49. The van der Waals surface area contributed by atoms with Crippen LogP contribution in [0.5, 0.6) is 0 Å². The minimum absolute atomic E-state index is 0.0324. The molecule has 0 saturated heterocycles. The Morgan fingerprint density at radius 3 is 2.50 bits per heavy atom. The van der Waals surface area contributed by atoms with E-state index < -0.39 is 10.0 Å². The van der Waals surface area contributed by atoms with Crippen LogP contribution in [0.1, 0.15) is 24.3 Å². The number of pyridine rings is 1. The molecule has 3 rings (SSSR count). The van der Waals surface area contributed by atoms with E-state index in [4.69, 9.17) is 11.6 Å². The first kappa shape index (κ1) is 15.9. The summed E-state index contributed by atoms with van der Waals surface area (Å²) in [5.74, 6) is 0.372. The fourth-order valence-corrected chi connectivity index (χ4v) is 4.85. The van der Waals surface area contributed by atoms with Gasteiger partial charge in [0, 0.05) is 17.3 Å². The lowest BCUT2D eigenvalue weighted by molar-refractivity contribution is 0.326. The lowest BCUT2D eigenvalue weighted by Crippen LogP contribution is -2.43. The number of halogens is 2. The Hall–Kier alpha value is -0.950. The van der Waals surface area contributed by atoms with E-state index in [0.717, 1.165) is 12.8 Å². The molecule has 1 fully saturated rings. The van der Waals surface area contributed by atoms with Crippen LogP contribution in [-0.4, -0.2) is 19.4 Å². The van der Waals surface area contributed by atoms with Crippen molar-refractivity contribution >= 4 is 37.6 Å². The number of hydrogen-bond donors (Lipinski definition) is 1. The zero-order valence-electron chi connectivity index (χ0n) is 11.5. The van der Waals surface area contributed by atoms with Crippen LogP contribution in [0.15, 0.2) is 52.1 Å². The monoisotopic (exact) mass is 400 g/mol. The molecule has 0 aliphatic heterocycles. The molecule has 116 valence electrons. The van der Waals surface area contributed by atoms with Gasteiger partial charge in [-0.15, -0.1) is 0 Å². The summed E-state index contributed by atoms with van der Waals surface area (Å²) in [6.45, 7) is 0. The maximum absolute atomic E-state index is 12.3. The number of rotatable bonds is 4. The minimum atomic E-state index is -3.59. The highest BCUT2D eigenvalue weighted by Gasteiger charge is 2.34. The summed E-state index contributed by atoms with van der Waals surface area (Å²) >= 11 is 9.10. The molecule has 1 aromatic carbocycles. The molecule has 0 radical (unpaired) electrons. The third kappa shape index (κ3) is 3.35. The predicted molar refractivity (Wildman–Crippen MR) is 89.5 cm³/mol. The second kappa shape index (κ2) is 6.28. The highest BCUT2D eigenvalue weighted by Crippen LogP contribution is 2.38. The molecule has 0 unspecified atom stereocenters. The lowest BCUT2D eigenvalue weighted by atomic mass is 9.76. The van der Waals surface area contributed by atoms with Crippen LogP contribution in [0.3, 0.4) is 0 Å². The van der Waals surface area contributed by atoms with Gasteiger partial charge in [0.1, 0.15) is 0 Å². The van der Waals surface area contributed by atoms with E-state index in [0.29, 0.717) is 15.4 Å². The largest absolute Gasteiger partial charge is 0.259 e. The molecule has 0 bridgehead atoms. The third-order valence-corrected chi connectivity index (χ3v) is 6.41. The summed E-state index contributed by atoms with van der Waals surface area (Å²) in [7, 11) is -3.59. The average molecular weight is 402 g/mol. The quantitative estimate of drug-likeness (QED) is 0.849. The van der Waals surface area contributed by atoms with Crippen LogP contribution in [0.4, 0.5) is 0 Å². The van der Waals surface area contributed by atoms with Crippen molar-refractivity contribution in [3.63, 3.8) is 0 Å². The van der Waals surface area contributed by atoms with Crippen molar-refractivity contribution in [3.05, 3.63) is 57.7 Å². The summed E-state index contributed by atoms with van der Waals surface area (Å²) in [4.78, 5) is 3.94. The summed E-state index contributed by atoms with van der Waals surface area (Å²) in [5.41, 5.74) is 1.19. The molecular formula is C15H14BrClN2O2S. The van der Waals surface area contributed by atoms with Gasteiger partial charge in [-0.3, -0.25) is 0 Å². The molecule has 1 aromatic heterocycles. The van der Waals surface area contributed by atoms with E-state index in [1.54, 1.807) is 12.1 Å². The fourth-order valence-electron chi connectivity index (χ4n) is 2.57. The molecule has 0 amide bonds. The number of nitrogens with zero attached hydrogens (tertiary/aromatic N) is 1. The van der Waals surface area contributed by atoms with Gasteiger partial charge in [0.2, 0.25) is 0 Å². The van der Waals surface area contributed by atoms with Crippen LogP contribution in [-0.2, 0) is 10.0 Å². The van der Waals surface area contributed by atoms with Crippen molar-refractivity contribution in [3.8, 4) is 0 Å². The smallest absolute Gasteiger partial charge is 0.242 e. The van der Waals surface area contributed by atoms with Gasteiger partial charge in [-0.25, -0.2) is 18.1 Å². The fraction of sp³-hybridized carbons (Fsp3) is 0.267. The summed E-state index contributed by atoms with van der Waals surface area (Å²) in [6, 6.07) is 11.0. The molecule has 7 heteroatoms. The Kier molecular flexibility index (Phi) is 4.54. The third-order valence-electron chi connectivity index (χ3n) is 3.78. The van der Waals surface area contributed by atoms with Crippen LogP contribution in [0, 0.1) is 0 Å². The molecule has 1 heterocycles. The van der Waals surface area contributed by atoms with Crippen molar-refractivity contribution in [2.45, 2.75) is 29.8 Å². The van der Waals surface area contributed by atoms with Gasteiger partial charge in [-0.1, -0.05) is 23.7 Å². The van der Waals surface area contributed by atoms with Gasteiger partial charge in [0.15, 0.2) is 5.03 Å². The molecule has 1 aliphatic carbocycles. The Bertz CT molecular complexity index is 774. The topological polar surface area (TPSA) is 59.1 Å². The minimum Gasteiger partial charge on any atom is -0.242 e. The molecule has 0 spiro atoms.